The van der Waals surface area contributed by atoms with Gasteiger partial charge in [-0.2, -0.15) is 0 Å². The molecule has 1 aliphatic rings. The first kappa shape index (κ1) is 25.2. The van der Waals surface area contributed by atoms with Gasteiger partial charge in [0.1, 0.15) is 11.4 Å². The van der Waals surface area contributed by atoms with Crippen molar-refractivity contribution in [1.29, 1.82) is 0 Å². The Hall–Kier alpha value is -4.44. The number of piperidine rings is 1. The van der Waals surface area contributed by atoms with Gasteiger partial charge in [0.05, 0.1) is 35.3 Å². The number of fused-ring (bicyclic) bond motifs is 1. The molecule has 38 heavy (non-hydrogen) atoms. The van der Waals surface area contributed by atoms with Crippen molar-refractivity contribution in [1.82, 2.24) is 20.0 Å². The predicted octanol–water partition coefficient (Wildman–Crippen LogP) is 4.69. The number of nitrogens with one attached hydrogen (secondary N) is 2. The van der Waals surface area contributed by atoms with Crippen LogP contribution in [0.25, 0.3) is 22.4 Å². The van der Waals surface area contributed by atoms with Crippen LogP contribution in [0.15, 0.2) is 65.8 Å². The second-order valence-corrected chi connectivity index (χ2v) is 9.36. The van der Waals surface area contributed by atoms with E-state index in [1.807, 2.05) is 36.4 Å². The van der Waals surface area contributed by atoms with Gasteiger partial charge in [0, 0.05) is 31.4 Å². The smallest absolute Gasteiger partial charge is 0.247 e. The molecule has 1 aliphatic heterocycles. The molecule has 2 aromatic carbocycles. The van der Waals surface area contributed by atoms with Crippen molar-refractivity contribution in [3.05, 3.63) is 61.3 Å². The minimum Gasteiger partial charge on any atom is -0.494 e. The largest absolute Gasteiger partial charge is 0.494 e. The minimum atomic E-state index is -0.290. The lowest BCUT2D eigenvalue weighted by Gasteiger charge is -2.37. The zero-order valence-electron chi connectivity index (χ0n) is 21.8. The maximum atomic E-state index is 12.3. The molecule has 10 nitrogen and oxygen atoms in total. The molecule has 196 valence electrons. The lowest BCUT2D eigenvalue weighted by Crippen LogP contribution is -2.42. The van der Waals surface area contributed by atoms with Gasteiger partial charge in [0.2, 0.25) is 11.9 Å². The molecule has 0 atom stereocenters. The Balaban J connectivity index is 1.47. The van der Waals surface area contributed by atoms with Gasteiger partial charge in [0.25, 0.3) is 0 Å². The maximum Gasteiger partial charge on any atom is 0.247 e. The molecule has 2 N–H and O–H groups in total. The van der Waals surface area contributed by atoms with E-state index in [1.165, 1.54) is 6.08 Å². The summed E-state index contributed by atoms with van der Waals surface area (Å²) in [4.78, 5) is 25.9. The van der Waals surface area contributed by atoms with Crippen molar-refractivity contribution in [2.75, 3.05) is 49.8 Å². The van der Waals surface area contributed by atoms with Crippen LogP contribution in [0.4, 0.5) is 23.0 Å². The topological polar surface area (TPSA) is 109 Å². The molecule has 1 fully saturated rings. The molecular weight excluding hydrogens is 482 g/mol. The number of hydrogen-bond donors (Lipinski definition) is 2. The molecule has 10 heteroatoms. The number of amides is 1. The minimum absolute atomic E-state index is 0.290. The van der Waals surface area contributed by atoms with Crippen LogP contribution in [0, 0.1) is 0 Å². The van der Waals surface area contributed by atoms with Crippen molar-refractivity contribution in [2.24, 2.45) is 0 Å². The molecule has 0 unspecified atom stereocenters. The monoisotopic (exact) mass is 513 g/mol. The van der Waals surface area contributed by atoms with Crippen LogP contribution < -0.4 is 20.3 Å². The first-order valence-corrected chi connectivity index (χ1v) is 12.5. The van der Waals surface area contributed by atoms with Crippen LogP contribution in [0.1, 0.15) is 12.8 Å². The number of aromatic nitrogens is 3. The Bertz CT molecular complexity index is 1460. The highest BCUT2D eigenvalue weighted by Gasteiger charge is 2.24. The average Bonchev–Trinajstić information content (AvgIpc) is 3.38. The first-order valence-electron chi connectivity index (χ1n) is 12.5. The summed E-state index contributed by atoms with van der Waals surface area (Å²) in [6.07, 6.45) is 4.97. The van der Waals surface area contributed by atoms with Crippen LogP contribution in [-0.4, -0.2) is 66.3 Å². The Labute approximate surface area is 221 Å². The van der Waals surface area contributed by atoms with Crippen LogP contribution in [-0.2, 0) is 4.79 Å². The fraction of sp³-hybridized carbons (Fsp3) is 0.286. The number of nitrogens with zero attached hydrogens (tertiary/aromatic N) is 5. The molecule has 3 heterocycles. The van der Waals surface area contributed by atoms with Crippen molar-refractivity contribution in [2.45, 2.75) is 18.9 Å². The lowest BCUT2D eigenvalue weighted by atomic mass is 10.0. The van der Waals surface area contributed by atoms with Crippen molar-refractivity contribution < 1.29 is 14.1 Å². The fourth-order valence-electron chi connectivity index (χ4n) is 4.75. The van der Waals surface area contributed by atoms with Crippen LogP contribution in [0.2, 0.25) is 0 Å². The third kappa shape index (κ3) is 5.16. The summed E-state index contributed by atoms with van der Waals surface area (Å²) in [5.41, 5.74) is 4.09. The van der Waals surface area contributed by atoms with Gasteiger partial charge in [-0.05, 0) is 57.3 Å². The zero-order valence-corrected chi connectivity index (χ0v) is 21.8. The zero-order chi connectivity index (χ0) is 26.6. The number of para-hydroxylation sites is 1. The third-order valence-corrected chi connectivity index (χ3v) is 6.82. The fourth-order valence-corrected chi connectivity index (χ4v) is 4.75. The molecule has 1 saturated heterocycles. The molecule has 0 bridgehead atoms. The molecule has 0 aliphatic carbocycles. The van der Waals surface area contributed by atoms with Crippen LogP contribution in [0.5, 0.6) is 5.75 Å². The number of benzene rings is 2. The van der Waals surface area contributed by atoms with E-state index in [0.717, 1.165) is 37.0 Å². The Kier molecular flexibility index (Phi) is 7.23. The molecule has 0 spiro atoms. The normalized spacial score (nSPS) is 14.1. The lowest BCUT2D eigenvalue weighted by molar-refractivity contribution is -0.111. The summed E-state index contributed by atoms with van der Waals surface area (Å²) >= 11 is 0. The highest BCUT2D eigenvalue weighted by atomic mass is 16.5. The van der Waals surface area contributed by atoms with E-state index < -0.39 is 0 Å². The van der Waals surface area contributed by atoms with Gasteiger partial charge in [-0.1, -0.05) is 23.9 Å². The second kappa shape index (κ2) is 10.9. The molecule has 0 saturated carbocycles. The van der Waals surface area contributed by atoms with Gasteiger partial charge in [-0.15, -0.1) is 0 Å². The summed E-state index contributed by atoms with van der Waals surface area (Å²) in [7, 11) is 5.84. The van der Waals surface area contributed by atoms with Gasteiger partial charge in [0.15, 0.2) is 5.58 Å². The summed E-state index contributed by atoms with van der Waals surface area (Å²) < 4.78 is 11.2. The van der Waals surface area contributed by atoms with E-state index in [4.69, 9.17) is 9.26 Å². The molecule has 4 aromatic rings. The summed E-state index contributed by atoms with van der Waals surface area (Å²) in [6.45, 7) is 5.34. The van der Waals surface area contributed by atoms with Crippen molar-refractivity contribution >= 4 is 39.9 Å². The summed E-state index contributed by atoms with van der Waals surface area (Å²) in [5, 5.41) is 11.3. The molecule has 5 rings (SSSR count). The van der Waals surface area contributed by atoms with Gasteiger partial charge >= 0.3 is 0 Å². The highest BCUT2D eigenvalue weighted by molar-refractivity contribution is 6.02. The number of anilines is 4. The van der Waals surface area contributed by atoms with Crippen LogP contribution >= 0.6 is 0 Å². The van der Waals surface area contributed by atoms with Gasteiger partial charge < -0.3 is 29.7 Å². The Morgan fingerprint density at radius 2 is 1.97 bits per heavy atom. The Morgan fingerprint density at radius 1 is 1.18 bits per heavy atom. The van der Waals surface area contributed by atoms with Crippen molar-refractivity contribution in [3.8, 4) is 17.1 Å². The van der Waals surface area contributed by atoms with Crippen LogP contribution in [0.3, 0.4) is 0 Å². The summed E-state index contributed by atoms with van der Waals surface area (Å²) in [6, 6.07) is 13.7. The molecule has 2 aromatic heterocycles. The standard InChI is InChI=1S/C28H31N7O3/c1-5-26(36)30-21-16-22(25(37-4)17-23(21)35-14-11-18(12-15-35)34(2)3)32-28-29-13-10-20(31-28)27-19-8-6-7-9-24(19)38-33-27/h5-10,13,16-18H,1,11-12,14-15H2,2-4H3,(H,30,36)(H,29,31,32). The SMILES string of the molecule is C=CC(=O)Nc1cc(Nc2nccc(-c3noc4ccccc34)n2)c(OC)cc1N1CCC(N(C)C)CC1. The second-order valence-electron chi connectivity index (χ2n) is 9.36. The summed E-state index contributed by atoms with van der Waals surface area (Å²) in [5.74, 6) is 0.669. The number of rotatable bonds is 8. The predicted molar refractivity (Wildman–Crippen MR) is 149 cm³/mol. The number of ether oxygens (including phenoxy) is 1. The van der Waals surface area contributed by atoms with Crippen molar-refractivity contribution in [3.63, 3.8) is 0 Å². The van der Waals surface area contributed by atoms with E-state index in [-0.39, 0.29) is 5.91 Å². The highest BCUT2D eigenvalue weighted by Crippen LogP contribution is 2.39. The number of carbonyl (C=O) groups is 1. The van der Waals surface area contributed by atoms with E-state index in [9.17, 15) is 4.79 Å². The number of methoxy groups -OCH3 is 1. The van der Waals surface area contributed by atoms with E-state index in [0.29, 0.717) is 46.1 Å². The first-order chi connectivity index (χ1) is 18.5. The Morgan fingerprint density at radius 3 is 2.71 bits per heavy atom. The van der Waals surface area contributed by atoms with Gasteiger partial charge in [-0.25, -0.2) is 9.97 Å². The maximum absolute atomic E-state index is 12.3. The molecule has 1 amide bonds. The van der Waals surface area contributed by atoms with Gasteiger partial charge in [-0.3, -0.25) is 4.79 Å². The number of hydrogen-bond acceptors (Lipinski definition) is 9. The average molecular weight is 514 g/mol. The molecule has 0 radical (unpaired) electrons. The third-order valence-electron chi connectivity index (χ3n) is 6.82. The van der Waals surface area contributed by atoms with E-state index in [1.54, 1.807) is 19.4 Å². The van der Waals surface area contributed by atoms with E-state index in [2.05, 4.69) is 56.2 Å². The molecular formula is C28H31N7O3. The quantitative estimate of drug-likeness (QED) is 0.324. The van der Waals surface area contributed by atoms with E-state index >= 15 is 0 Å². The number of carbonyl (C=O) groups excluding carboxylic acids is 1.